The summed E-state index contributed by atoms with van der Waals surface area (Å²) in [7, 11) is 0. The fourth-order valence-electron chi connectivity index (χ4n) is 2.49. The third kappa shape index (κ3) is 4.18. The zero-order chi connectivity index (χ0) is 17.0. The number of benzene rings is 1. The first-order valence-corrected chi connectivity index (χ1v) is 8.14. The normalized spacial score (nSPS) is 11.1. The maximum Gasteiger partial charge on any atom is 0.161 e. The number of aliphatic hydroxyl groups is 1. The van der Waals surface area contributed by atoms with Crippen LogP contribution in [-0.4, -0.2) is 27.6 Å². The van der Waals surface area contributed by atoms with Crippen molar-refractivity contribution in [2.75, 3.05) is 11.9 Å². The Morgan fingerprint density at radius 3 is 2.74 bits per heavy atom. The van der Waals surface area contributed by atoms with Crippen LogP contribution in [0.2, 0.25) is 5.02 Å². The van der Waals surface area contributed by atoms with E-state index in [4.69, 9.17) is 21.4 Å². The summed E-state index contributed by atoms with van der Waals surface area (Å²) in [6.07, 6.45) is 0.0474. The average Bonchev–Trinajstić information content (AvgIpc) is 2.75. The van der Waals surface area contributed by atoms with E-state index in [2.05, 4.69) is 10.4 Å². The molecule has 23 heavy (non-hydrogen) atoms. The minimum Gasteiger partial charge on any atom is -0.487 e. The fraction of sp³-hybridized carbons (Fsp3) is 0.471. The fourth-order valence-corrected chi connectivity index (χ4v) is 2.71. The molecule has 0 spiro atoms. The Kier molecular flexibility index (Phi) is 5.91. The molecule has 1 heterocycles. The molecular formula is C17H24ClN3O2. The van der Waals surface area contributed by atoms with Crippen LogP contribution in [0.3, 0.4) is 0 Å². The number of hydrogen-bond donors (Lipinski definition) is 2. The van der Waals surface area contributed by atoms with Crippen molar-refractivity contribution in [2.24, 2.45) is 0 Å². The lowest BCUT2D eigenvalue weighted by Crippen LogP contribution is -2.10. The molecule has 0 saturated carbocycles. The van der Waals surface area contributed by atoms with Gasteiger partial charge >= 0.3 is 0 Å². The third-order valence-corrected chi connectivity index (χ3v) is 3.92. The minimum atomic E-state index is 0.0474. The standard InChI is InChI=1S/C17H24ClN3O2/c1-11(2)23-17-15(18)6-5-7-16(17)19-10-14-12(3)20-21(8-9-22)13(14)4/h5-7,11,19,22H,8-10H2,1-4H3. The monoisotopic (exact) mass is 337 g/mol. The molecule has 0 aliphatic carbocycles. The maximum absolute atomic E-state index is 9.10. The number of para-hydroxylation sites is 1. The molecule has 0 bridgehead atoms. The van der Waals surface area contributed by atoms with Crippen molar-refractivity contribution in [1.82, 2.24) is 9.78 Å². The van der Waals surface area contributed by atoms with Crippen LogP contribution in [0.25, 0.3) is 0 Å². The first-order chi connectivity index (χ1) is 10.9. The van der Waals surface area contributed by atoms with Crippen LogP contribution in [-0.2, 0) is 13.1 Å². The molecule has 2 N–H and O–H groups in total. The Morgan fingerprint density at radius 1 is 1.35 bits per heavy atom. The summed E-state index contributed by atoms with van der Waals surface area (Å²) in [6.45, 7) is 9.14. The van der Waals surface area contributed by atoms with Crippen molar-refractivity contribution >= 4 is 17.3 Å². The molecule has 0 aliphatic rings. The second-order valence-corrected chi connectivity index (χ2v) is 6.14. The summed E-state index contributed by atoms with van der Waals surface area (Å²) in [5.74, 6) is 0.669. The van der Waals surface area contributed by atoms with Gasteiger partial charge in [0, 0.05) is 17.8 Å². The van der Waals surface area contributed by atoms with E-state index in [1.807, 2.05) is 50.6 Å². The zero-order valence-electron chi connectivity index (χ0n) is 14.1. The van der Waals surface area contributed by atoms with Gasteiger partial charge in [-0.25, -0.2) is 0 Å². The third-order valence-electron chi connectivity index (χ3n) is 3.62. The average molecular weight is 338 g/mol. The summed E-state index contributed by atoms with van der Waals surface area (Å²) in [4.78, 5) is 0. The van der Waals surface area contributed by atoms with Gasteiger partial charge in [-0.1, -0.05) is 17.7 Å². The van der Waals surface area contributed by atoms with Gasteiger partial charge in [0.25, 0.3) is 0 Å². The Morgan fingerprint density at radius 2 is 2.09 bits per heavy atom. The topological polar surface area (TPSA) is 59.3 Å². The van der Waals surface area contributed by atoms with Crippen LogP contribution in [0, 0.1) is 13.8 Å². The largest absolute Gasteiger partial charge is 0.487 e. The van der Waals surface area contributed by atoms with Gasteiger partial charge in [0.1, 0.15) is 0 Å². The van der Waals surface area contributed by atoms with E-state index in [0.717, 1.165) is 22.6 Å². The molecule has 0 aliphatic heterocycles. The van der Waals surface area contributed by atoms with Crippen molar-refractivity contribution in [3.63, 3.8) is 0 Å². The number of hydrogen-bond acceptors (Lipinski definition) is 4. The number of anilines is 1. The zero-order valence-corrected chi connectivity index (χ0v) is 14.8. The molecule has 1 aromatic heterocycles. The van der Waals surface area contributed by atoms with Gasteiger partial charge in [-0.3, -0.25) is 4.68 Å². The molecule has 0 fully saturated rings. The van der Waals surface area contributed by atoms with E-state index in [1.165, 1.54) is 0 Å². The first-order valence-electron chi connectivity index (χ1n) is 7.76. The van der Waals surface area contributed by atoms with E-state index >= 15 is 0 Å². The van der Waals surface area contributed by atoms with Crippen LogP contribution in [0.5, 0.6) is 5.75 Å². The molecule has 126 valence electrons. The quantitative estimate of drug-likeness (QED) is 0.811. The van der Waals surface area contributed by atoms with Gasteiger partial charge < -0.3 is 15.2 Å². The van der Waals surface area contributed by atoms with Crippen molar-refractivity contribution in [1.29, 1.82) is 0 Å². The number of nitrogens with one attached hydrogen (secondary N) is 1. The summed E-state index contributed by atoms with van der Waals surface area (Å²) in [5.41, 5.74) is 3.99. The Balaban J connectivity index is 2.20. The van der Waals surface area contributed by atoms with Gasteiger partial charge in [0.15, 0.2) is 5.75 Å². The van der Waals surface area contributed by atoms with Crippen molar-refractivity contribution in [2.45, 2.75) is 46.9 Å². The van der Waals surface area contributed by atoms with E-state index in [0.29, 0.717) is 23.9 Å². The van der Waals surface area contributed by atoms with Crippen LogP contribution in [0.1, 0.15) is 30.8 Å². The molecule has 6 heteroatoms. The molecule has 0 saturated heterocycles. The molecule has 0 radical (unpaired) electrons. The highest BCUT2D eigenvalue weighted by atomic mass is 35.5. The summed E-state index contributed by atoms with van der Waals surface area (Å²) < 4.78 is 7.65. The maximum atomic E-state index is 9.10. The van der Waals surface area contributed by atoms with Crippen molar-refractivity contribution < 1.29 is 9.84 Å². The summed E-state index contributed by atoms with van der Waals surface area (Å²) >= 11 is 6.25. The Labute approximate surface area is 142 Å². The van der Waals surface area contributed by atoms with Gasteiger partial charge in [-0.15, -0.1) is 0 Å². The Hall–Kier alpha value is -1.72. The molecule has 0 amide bonds. The number of aromatic nitrogens is 2. The smallest absolute Gasteiger partial charge is 0.161 e. The molecule has 0 unspecified atom stereocenters. The number of aryl methyl sites for hydroxylation is 1. The molecule has 0 atom stereocenters. The van der Waals surface area contributed by atoms with Gasteiger partial charge in [-0.2, -0.15) is 5.10 Å². The van der Waals surface area contributed by atoms with E-state index in [9.17, 15) is 0 Å². The predicted molar refractivity (Wildman–Crippen MR) is 93.3 cm³/mol. The lowest BCUT2D eigenvalue weighted by molar-refractivity contribution is 0.244. The summed E-state index contributed by atoms with van der Waals surface area (Å²) in [6, 6.07) is 5.67. The number of ether oxygens (including phenoxy) is 1. The second-order valence-electron chi connectivity index (χ2n) is 5.73. The van der Waals surface area contributed by atoms with E-state index in [-0.39, 0.29) is 12.7 Å². The molecular weight excluding hydrogens is 314 g/mol. The predicted octanol–water partition coefficient (Wildman–Crippen LogP) is 3.54. The van der Waals surface area contributed by atoms with Crippen LogP contribution < -0.4 is 10.1 Å². The number of rotatable bonds is 7. The molecule has 2 rings (SSSR count). The first kappa shape index (κ1) is 17.6. The van der Waals surface area contributed by atoms with Gasteiger partial charge in [0.05, 0.1) is 35.7 Å². The lowest BCUT2D eigenvalue weighted by atomic mass is 10.2. The molecule has 2 aromatic rings. The number of aliphatic hydroxyl groups excluding tert-OH is 1. The van der Waals surface area contributed by atoms with Crippen LogP contribution in [0.4, 0.5) is 5.69 Å². The van der Waals surface area contributed by atoms with Gasteiger partial charge in [0.2, 0.25) is 0 Å². The highest BCUT2D eigenvalue weighted by molar-refractivity contribution is 6.32. The highest BCUT2D eigenvalue weighted by Crippen LogP contribution is 2.34. The van der Waals surface area contributed by atoms with Crippen LogP contribution in [0.15, 0.2) is 18.2 Å². The Bertz CT molecular complexity index is 668. The minimum absolute atomic E-state index is 0.0474. The van der Waals surface area contributed by atoms with Crippen molar-refractivity contribution in [3.05, 3.63) is 40.2 Å². The van der Waals surface area contributed by atoms with Gasteiger partial charge in [-0.05, 0) is 39.8 Å². The highest BCUT2D eigenvalue weighted by Gasteiger charge is 2.14. The van der Waals surface area contributed by atoms with E-state index in [1.54, 1.807) is 0 Å². The second kappa shape index (κ2) is 7.70. The van der Waals surface area contributed by atoms with E-state index < -0.39 is 0 Å². The molecule has 1 aromatic carbocycles. The lowest BCUT2D eigenvalue weighted by Gasteiger charge is -2.17. The summed E-state index contributed by atoms with van der Waals surface area (Å²) in [5, 5.41) is 17.5. The van der Waals surface area contributed by atoms with Crippen molar-refractivity contribution in [3.8, 4) is 5.75 Å². The number of nitrogens with zero attached hydrogens (tertiary/aromatic N) is 2. The van der Waals surface area contributed by atoms with Crippen LogP contribution >= 0.6 is 11.6 Å². The SMILES string of the molecule is Cc1nn(CCO)c(C)c1CNc1cccc(Cl)c1OC(C)C. The number of halogens is 1. The molecule has 5 nitrogen and oxygen atoms in total.